The molecule has 0 aliphatic heterocycles. The summed E-state index contributed by atoms with van der Waals surface area (Å²) >= 11 is 1.58. The van der Waals surface area contributed by atoms with Gasteiger partial charge in [-0.3, -0.25) is 4.79 Å². The first kappa shape index (κ1) is 12.4. The molecule has 2 aromatic carbocycles. The Morgan fingerprint density at radius 2 is 1.95 bits per heavy atom. The van der Waals surface area contributed by atoms with Crippen molar-refractivity contribution in [2.24, 2.45) is 0 Å². The van der Waals surface area contributed by atoms with Gasteiger partial charge in [0.15, 0.2) is 5.76 Å². The fourth-order valence-electron chi connectivity index (χ4n) is 2.56. The highest BCUT2D eigenvalue weighted by molar-refractivity contribution is 7.17. The molecule has 0 bridgehead atoms. The summed E-state index contributed by atoms with van der Waals surface area (Å²) in [6.07, 6.45) is 0. The third-order valence-electron chi connectivity index (χ3n) is 3.62. The number of fused-ring (bicyclic) bond motifs is 2. The van der Waals surface area contributed by atoms with Gasteiger partial charge in [0.05, 0.1) is 0 Å². The predicted octanol–water partition coefficient (Wildman–Crippen LogP) is 5.19. The normalized spacial score (nSPS) is 11.3. The van der Waals surface area contributed by atoms with Crippen molar-refractivity contribution in [2.45, 2.75) is 6.92 Å². The third-order valence-corrected chi connectivity index (χ3v) is 4.58. The highest BCUT2D eigenvalue weighted by atomic mass is 32.1. The number of carbonyl (C=O) groups excluding carboxylic acids is 1. The lowest BCUT2D eigenvalue weighted by Crippen LogP contribution is -1.97. The van der Waals surface area contributed by atoms with E-state index in [0.717, 1.165) is 26.6 Å². The van der Waals surface area contributed by atoms with Gasteiger partial charge >= 0.3 is 0 Å². The minimum atomic E-state index is -0.0543. The van der Waals surface area contributed by atoms with Crippen LogP contribution in [-0.4, -0.2) is 5.78 Å². The number of aryl methyl sites for hydroxylation is 1. The van der Waals surface area contributed by atoms with Crippen molar-refractivity contribution in [3.8, 4) is 0 Å². The number of ketones is 1. The van der Waals surface area contributed by atoms with E-state index in [0.29, 0.717) is 11.3 Å². The molecule has 0 amide bonds. The SMILES string of the molecule is Cc1ccc2oc(C(=O)c3csc4ccccc34)cc2c1. The fraction of sp³-hybridized carbons (Fsp3) is 0.0556. The van der Waals surface area contributed by atoms with Crippen molar-refractivity contribution in [2.75, 3.05) is 0 Å². The zero-order chi connectivity index (χ0) is 14.4. The van der Waals surface area contributed by atoms with E-state index in [4.69, 9.17) is 4.42 Å². The first-order valence-electron chi connectivity index (χ1n) is 6.73. The average Bonchev–Trinajstić information content (AvgIpc) is 3.09. The molecule has 4 aromatic rings. The topological polar surface area (TPSA) is 30.2 Å². The lowest BCUT2D eigenvalue weighted by Gasteiger charge is -1.95. The number of thiophene rings is 1. The molecule has 0 saturated heterocycles. The summed E-state index contributed by atoms with van der Waals surface area (Å²) < 4.78 is 6.83. The summed E-state index contributed by atoms with van der Waals surface area (Å²) in [4.78, 5) is 12.7. The van der Waals surface area contributed by atoms with E-state index in [-0.39, 0.29) is 5.78 Å². The molecule has 2 nitrogen and oxygen atoms in total. The minimum absolute atomic E-state index is 0.0543. The molecule has 0 atom stereocenters. The van der Waals surface area contributed by atoms with Crippen molar-refractivity contribution in [3.63, 3.8) is 0 Å². The Bertz CT molecular complexity index is 975. The van der Waals surface area contributed by atoms with Gasteiger partial charge in [-0.05, 0) is 31.2 Å². The van der Waals surface area contributed by atoms with E-state index in [2.05, 4.69) is 0 Å². The Morgan fingerprint density at radius 1 is 1.10 bits per heavy atom. The molecule has 0 saturated carbocycles. The second kappa shape index (κ2) is 4.57. The molecule has 21 heavy (non-hydrogen) atoms. The Morgan fingerprint density at radius 3 is 2.86 bits per heavy atom. The van der Waals surface area contributed by atoms with Gasteiger partial charge in [0.25, 0.3) is 0 Å². The number of furan rings is 1. The van der Waals surface area contributed by atoms with Gasteiger partial charge in [-0.2, -0.15) is 0 Å². The van der Waals surface area contributed by atoms with E-state index in [1.807, 2.05) is 60.8 Å². The van der Waals surface area contributed by atoms with E-state index in [1.54, 1.807) is 11.3 Å². The fourth-order valence-corrected chi connectivity index (χ4v) is 3.50. The van der Waals surface area contributed by atoms with Crippen LogP contribution in [0.3, 0.4) is 0 Å². The molecule has 2 heterocycles. The molecule has 0 N–H and O–H groups in total. The maximum Gasteiger partial charge on any atom is 0.229 e. The lowest BCUT2D eigenvalue weighted by atomic mass is 10.1. The van der Waals surface area contributed by atoms with Gasteiger partial charge in [-0.1, -0.05) is 29.8 Å². The van der Waals surface area contributed by atoms with Gasteiger partial charge < -0.3 is 4.42 Å². The predicted molar refractivity (Wildman–Crippen MR) is 86.2 cm³/mol. The maximum absolute atomic E-state index is 12.7. The zero-order valence-corrected chi connectivity index (χ0v) is 12.2. The van der Waals surface area contributed by atoms with Gasteiger partial charge in [0.1, 0.15) is 5.58 Å². The van der Waals surface area contributed by atoms with Crippen LogP contribution in [0.2, 0.25) is 0 Å². The second-order valence-electron chi connectivity index (χ2n) is 5.13. The Kier molecular flexibility index (Phi) is 2.69. The lowest BCUT2D eigenvalue weighted by molar-refractivity contribution is 0.101. The number of hydrogen-bond donors (Lipinski definition) is 0. The van der Waals surface area contributed by atoms with Crippen molar-refractivity contribution in [3.05, 3.63) is 70.8 Å². The molecule has 4 rings (SSSR count). The standard InChI is InChI=1S/C18H12O2S/c1-11-6-7-15-12(8-11)9-16(20-15)18(19)14-10-21-17-5-3-2-4-13(14)17/h2-10H,1H3. The molecule has 0 unspecified atom stereocenters. The van der Waals surface area contributed by atoms with Gasteiger partial charge in [0, 0.05) is 26.4 Å². The molecule has 0 spiro atoms. The summed E-state index contributed by atoms with van der Waals surface area (Å²) in [5, 5.41) is 3.87. The zero-order valence-electron chi connectivity index (χ0n) is 11.4. The van der Waals surface area contributed by atoms with Crippen LogP contribution in [0.25, 0.3) is 21.1 Å². The van der Waals surface area contributed by atoms with E-state index >= 15 is 0 Å². The summed E-state index contributed by atoms with van der Waals surface area (Å²) in [5.41, 5.74) is 2.62. The maximum atomic E-state index is 12.7. The van der Waals surface area contributed by atoms with E-state index < -0.39 is 0 Å². The van der Waals surface area contributed by atoms with Crippen LogP contribution in [0.1, 0.15) is 21.7 Å². The van der Waals surface area contributed by atoms with E-state index in [9.17, 15) is 4.79 Å². The molecule has 0 fully saturated rings. The number of carbonyl (C=O) groups is 1. The van der Waals surface area contributed by atoms with Crippen LogP contribution in [-0.2, 0) is 0 Å². The largest absolute Gasteiger partial charge is 0.453 e. The molecule has 0 aliphatic carbocycles. The summed E-state index contributed by atoms with van der Waals surface area (Å²) in [5.74, 6) is 0.348. The Labute approximate surface area is 125 Å². The molecular weight excluding hydrogens is 280 g/mol. The molecular formula is C18H12O2S. The van der Waals surface area contributed by atoms with Crippen LogP contribution in [0.5, 0.6) is 0 Å². The quantitative estimate of drug-likeness (QED) is 0.476. The summed E-state index contributed by atoms with van der Waals surface area (Å²) in [6, 6.07) is 15.7. The molecule has 102 valence electrons. The van der Waals surface area contributed by atoms with Crippen molar-refractivity contribution < 1.29 is 9.21 Å². The van der Waals surface area contributed by atoms with Crippen LogP contribution in [0, 0.1) is 6.92 Å². The van der Waals surface area contributed by atoms with Gasteiger partial charge in [-0.25, -0.2) is 0 Å². The second-order valence-corrected chi connectivity index (χ2v) is 6.04. The van der Waals surface area contributed by atoms with Gasteiger partial charge in [-0.15, -0.1) is 11.3 Å². The first-order chi connectivity index (χ1) is 10.2. The summed E-state index contributed by atoms with van der Waals surface area (Å²) in [6.45, 7) is 2.03. The summed E-state index contributed by atoms with van der Waals surface area (Å²) in [7, 11) is 0. The van der Waals surface area contributed by atoms with E-state index in [1.165, 1.54) is 0 Å². The van der Waals surface area contributed by atoms with Crippen LogP contribution >= 0.6 is 11.3 Å². The number of rotatable bonds is 2. The van der Waals surface area contributed by atoms with Crippen molar-refractivity contribution in [1.29, 1.82) is 0 Å². The molecule has 0 aliphatic rings. The third kappa shape index (κ3) is 1.98. The Hall–Kier alpha value is -2.39. The van der Waals surface area contributed by atoms with Gasteiger partial charge in [0.2, 0.25) is 5.78 Å². The molecule has 0 radical (unpaired) electrons. The molecule has 2 aromatic heterocycles. The number of hydrogen-bond acceptors (Lipinski definition) is 3. The van der Waals surface area contributed by atoms with Crippen LogP contribution in [0.15, 0.2) is 58.3 Å². The van der Waals surface area contributed by atoms with Crippen molar-refractivity contribution >= 4 is 38.2 Å². The average molecular weight is 292 g/mol. The smallest absolute Gasteiger partial charge is 0.229 e. The minimum Gasteiger partial charge on any atom is -0.453 e. The highest BCUT2D eigenvalue weighted by Gasteiger charge is 2.18. The van der Waals surface area contributed by atoms with Crippen LogP contribution < -0.4 is 0 Å². The number of benzene rings is 2. The Balaban J connectivity index is 1.86. The van der Waals surface area contributed by atoms with Crippen molar-refractivity contribution in [1.82, 2.24) is 0 Å². The monoisotopic (exact) mass is 292 g/mol. The molecule has 3 heteroatoms. The first-order valence-corrected chi connectivity index (χ1v) is 7.61. The highest BCUT2D eigenvalue weighted by Crippen LogP contribution is 2.29. The van der Waals surface area contributed by atoms with Crippen LogP contribution in [0.4, 0.5) is 0 Å².